The molecule has 0 unspecified atom stereocenters. The van der Waals surface area contributed by atoms with Crippen molar-refractivity contribution >= 4 is 17.6 Å². The molecule has 1 N–H and O–H groups in total. The maximum atomic E-state index is 12.3. The monoisotopic (exact) mass is 369 g/mol. The second-order valence-electron chi connectivity index (χ2n) is 6.59. The number of nitrogens with one attached hydrogen (secondary N) is 1. The molecule has 1 heterocycles. The summed E-state index contributed by atoms with van der Waals surface area (Å²) in [4.78, 5) is 24.5. The van der Waals surface area contributed by atoms with Gasteiger partial charge in [0.15, 0.2) is 17.6 Å². The van der Waals surface area contributed by atoms with Gasteiger partial charge in [-0.2, -0.15) is 0 Å². The third kappa shape index (κ3) is 4.78. The fraction of sp³-hybridized carbons (Fsp3) is 0.333. The Balaban J connectivity index is 1.57. The number of anilines is 1. The van der Waals surface area contributed by atoms with Crippen LogP contribution in [0.15, 0.2) is 36.4 Å². The van der Waals surface area contributed by atoms with Crippen molar-refractivity contribution in [2.45, 2.75) is 33.3 Å². The van der Waals surface area contributed by atoms with Gasteiger partial charge in [-0.25, -0.2) is 0 Å². The molecule has 0 fully saturated rings. The molecule has 1 atom stereocenters. The number of carbonyl (C=O) groups excluding carboxylic acids is 2. The number of esters is 1. The zero-order valence-electron chi connectivity index (χ0n) is 15.7. The lowest BCUT2D eigenvalue weighted by molar-refractivity contribution is -0.152. The summed E-state index contributed by atoms with van der Waals surface area (Å²) < 4.78 is 16.3. The van der Waals surface area contributed by atoms with Crippen LogP contribution in [0.5, 0.6) is 11.5 Å². The number of amides is 1. The van der Waals surface area contributed by atoms with Crippen molar-refractivity contribution in [1.82, 2.24) is 0 Å². The highest BCUT2D eigenvalue weighted by Crippen LogP contribution is 2.31. The molecule has 1 aliphatic rings. The summed E-state index contributed by atoms with van der Waals surface area (Å²) in [6.07, 6.45) is -0.841. The molecule has 142 valence electrons. The van der Waals surface area contributed by atoms with Crippen molar-refractivity contribution in [3.8, 4) is 11.5 Å². The molecule has 3 rings (SSSR count). The van der Waals surface area contributed by atoms with Crippen molar-refractivity contribution < 1.29 is 23.8 Å². The molecule has 6 heteroatoms. The lowest BCUT2D eigenvalue weighted by Gasteiger charge is -2.19. The summed E-state index contributed by atoms with van der Waals surface area (Å²) in [6, 6.07) is 11.1. The number of rotatable bonds is 5. The fourth-order valence-corrected chi connectivity index (χ4v) is 2.76. The number of benzene rings is 2. The van der Waals surface area contributed by atoms with Gasteiger partial charge in [-0.3, -0.25) is 9.59 Å². The molecule has 27 heavy (non-hydrogen) atoms. The maximum Gasteiger partial charge on any atom is 0.311 e. The summed E-state index contributed by atoms with van der Waals surface area (Å²) in [7, 11) is 0. The molecule has 0 saturated carbocycles. The van der Waals surface area contributed by atoms with E-state index in [4.69, 9.17) is 14.2 Å². The molecule has 0 aliphatic carbocycles. The van der Waals surface area contributed by atoms with Crippen LogP contribution in [0.4, 0.5) is 5.69 Å². The highest BCUT2D eigenvalue weighted by atomic mass is 16.6. The van der Waals surface area contributed by atoms with Crippen LogP contribution in [0.25, 0.3) is 0 Å². The van der Waals surface area contributed by atoms with Crippen molar-refractivity contribution in [2.24, 2.45) is 0 Å². The number of hydrogen-bond donors (Lipinski definition) is 1. The average Bonchev–Trinajstić information content (AvgIpc) is 2.64. The van der Waals surface area contributed by atoms with Gasteiger partial charge in [0, 0.05) is 5.69 Å². The average molecular weight is 369 g/mol. The molecule has 0 aromatic heterocycles. The van der Waals surface area contributed by atoms with Crippen LogP contribution in [-0.2, 0) is 20.7 Å². The summed E-state index contributed by atoms with van der Waals surface area (Å²) in [6.45, 7) is 6.42. The van der Waals surface area contributed by atoms with Crippen LogP contribution in [0.3, 0.4) is 0 Å². The minimum Gasteiger partial charge on any atom is -0.486 e. The van der Waals surface area contributed by atoms with Gasteiger partial charge < -0.3 is 19.5 Å². The van der Waals surface area contributed by atoms with Crippen LogP contribution < -0.4 is 14.8 Å². The van der Waals surface area contributed by atoms with E-state index in [0.29, 0.717) is 24.7 Å². The first kappa shape index (κ1) is 18.8. The van der Waals surface area contributed by atoms with Crippen LogP contribution in [-0.4, -0.2) is 31.2 Å². The number of ether oxygens (including phenoxy) is 3. The van der Waals surface area contributed by atoms with Gasteiger partial charge in [-0.15, -0.1) is 0 Å². The number of hydrogen-bond acceptors (Lipinski definition) is 5. The van der Waals surface area contributed by atoms with Gasteiger partial charge in [0.2, 0.25) is 0 Å². The molecule has 0 bridgehead atoms. The Kier molecular flexibility index (Phi) is 5.64. The van der Waals surface area contributed by atoms with E-state index in [-0.39, 0.29) is 12.3 Å². The van der Waals surface area contributed by atoms with Gasteiger partial charge in [0.1, 0.15) is 13.2 Å². The van der Waals surface area contributed by atoms with E-state index in [1.165, 1.54) is 0 Å². The largest absolute Gasteiger partial charge is 0.486 e. The Morgan fingerprint density at radius 1 is 1.07 bits per heavy atom. The first-order valence-electron chi connectivity index (χ1n) is 8.88. The first-order chi connectivity index (χ1) is 12.9. The summed E-state index contributed by atoms with van der Waals surface area (Å²) in [5, 5.41) is 2.81. The fourth-order valence-electron chi connectivity index (χ4n) is 2.76. The van der Waals surface area contributed by atoms with Gasteiger partial charge >= 0.3 is 5.97 Å². The smallest absolute Gasteiger partial charge is 0.311 e. The van der Waals surface area contributed by atoms with Gasteiger partial charge in [-0.05, 0) is 55.7 Å². The highest BCUT2D eigenvalue weighted by Gasteiger charge is 2.20. The minimum atomic E-state index is -0.894. The SMILES string of the molecule is Cc1ccc(C)c(NC(=O)[C@@H](C)OC(=O)Cc2ccc3c(c2)OCCO3)c1. The van der Waals surface area contributed by atoms with Crippen molar-refractivity contribution in [3.05, 3.63) is 53.1 Å². The molecular formula is C21H23NO5. The molecule has 6 nitrogen and oxygen atoms in total. The molecule has 2 aromatic carbocycles. The second-order valence-corrected chi connectivity index (χ2v) is 6.59. The Morgan fingerprint density at radius 2 is 1.81 bits per heavy atom. The summed E-state index contributed by atoms with van der Waals surface area (Å²) in [5.41, 5.74) is 3.45. The molecular weight excluding hydrogens is 346 g/mol. The summed E-state index contributed by atoms with van der Waals surface area (Å²) in [5.74, 6) is 0.446. The lowest BCUT2D eigenvalue weighted by Crippen LogP contribution is -2.30. The van der Waals surface area contributed by atoms with Crippen molar-refractivity contribution in [3.63, 3.8) is 0 Å². The minimum absolute atomic E-state index is 0.0533. The van der Waals surface area contributed by atoms with E-state index in [9.17, 15) is 9.59 Å². The van der Waals surface area contributed by atoms with Crippen LogP contribution in [0, 0.1) is 13.8 Å². The Labute approximate surface area is 158 Å². The standard InChI is InChI=1S/C21H23NO5/c1-13-4-5-14(2)17(10-13)22-21(24)15(3)27-20(23)12-16-6-7-18-19(11-16)26-9-8-25-18/h4-7,10-11,15H,8-9,12H2,1-3H3,(H,22,24)/t15-/m1/s1. The van der Waals surface area contributed by atoms with E-state index >= 15 is 0 Å². The number of fused-ring (bicyclic) bond motifs is 1. The Hall–Kier alpha value is -3.02. The van der Waals surface area contributed by atoms with E-state index in [1.54, 1.807) is 25.1 Å². The first-order valence-corrected chi connectivity index (χ1v) is 8.88. The molecule has 1 aliphatic heterocycles. The third-order valence-corrected chi connectivity index (χ3v) is 4.28. The number of aryl methyl sites for hydroxylation is 2. The second kappa shape index (κ2) is 8.12. The molecule has 0 spiro atoms. The van der Waals surface area contributed by atoms with E-state index in [2.05, 4.69) is 5.32 Å². The number of carbonyl (C=O) groups is 2. The molecule has 0 radical (unpaired) electrons. The third-order valence-electron chi connectivity index (χ3n) is 4.28. The predicted octanol–water partition coefficient (Wildman–Crippen LogP) is 3.19. The van der Waals surface area contributed by atoms with Crippen LogP contribution >= 0.6 is 0 Å². The molecule has 0 saturated heterocycles. The summed E-state index contributed by atoms with van der Waals surface area (Å²) >= 11 is 0. The maximum absolute atomic E-state index is 12.3. The van der Waals surface area contributed by atoms with Gasteiger partial charge in [0.25, 0.3) is 5.91 Å². The van der Waals surface area contributed by atoms with Crippen molar-refractivity contribution in [1.29, 1.82) is 0 Å². The van der Waals surface area contributed by atoms with Gasteiger partial charge in [0.05, 0.1) is 6.42 Å². The van der Waals surface area contributed by atoms with E-state index in [0.717, 1.165) is 22.4 Å². The topological polar surface area (TPSA) is 73.9 Å². The van der Waals surface area contributed by atoms with Gasteiger partial charge in [-0.1, -0.05) is 18.2 Å². The van der Waals surface area contributed by atoms with E-state index < -0.39 is 12.1 Å². The zero-order valence-corrected chi connectivity index (χ0v) is 15.7. The zero-order chi connectivity index (χ0) is 19.4. The highest BCUT2D eigenvalue weighted by molar-refractivity contribution is 5.95. The Morgan fingerprint density at radius 3 is 2.59 bits per heavy atom. The predicted molar refractivity (Wildman–Crippen MR) is 101 cm³/mol. The van der Waals surface area contributed by atoms with E-state index in [1.807, 2.05) is 32.0 Å². The van der Waals surface area contributed by atoms with Crippen molar-refractivity contribution in [2.75, 3.05) is 18.5 Å². The Bertz CT molecular complexity index is 862. The van der Waals surface area contributed by atoms with Crippen LogP contribution in [0.1, 0.15) is 23.6 Å². The van der Waals surface area contributed by atoms with Crippen LogP contribution in [0.2, 0.25) is 0 Å². The lowest BCUT2D eigenvalue weighted by atomic mass is 10.1. The normalized spacial score (nSPS) is 13.6. The quantitative estimate of drug-likeness (QED) is 0.820. The molecule has 1 amide bonds. The molecule has 2 aromatic rings.